The van der Waals surface area contributed by atoms with Crippen molar-refractivity contribution in [3.8, 4) is 11.1 Å². The van der Waals surface area contributed by atoms with E-state index in [2.05, 4.69) is 23.9 Å². The molecule has 152 valence electrons. The van der Waals surface area contributed by atoms with Crippen LogP contribution in [0.15, 0.2) is 48.5 Å². The van der Waals surface area contributed by atoms with Crippen molar-refractivity contribution in [3.05, 3.63) is 59.7 Å². The highest BCUT2D eigenvalue weighted by Crippen LogP contribution is 2.27. The van der Waals surface area contributed by atoms with Crippen LogP contribution in [0, 0.1) is 5.92 Å². The average Bonchev–Trinajstić information content (AvgIpc) is 2.66. The van der Waals surface area contributed by atoms with Gasteiger partial charge in [0.2, 0.25) is 10.0 Å². The largest absolute Gasteiger partial charge is 0.352 e. The highest BCUT2D eigenvalue weighted by atomic mass is 32.2. The molecule has 0 fully saturated rings. The number of amides is 1. The summed E-state index contributed by atoms with van der Waals surface area (Å²) in [4.78, 5) is 12.7. The molecular weight excluding hydrogens is 372 g/mol. The summed E-state index contributed by atoms with van der Waals surface area (Å²) in [5.41, 5.74) is 3.06. The van der Waals surface area contributed by atoms with Crippen molar-refractivity contribution < 1.29 is 13.2 Å². The van der Waals surface area contributed by atoms with Crippen LogP contribution in [0.25, 0.3) is 11.1 Å². The van der Waals surface area contributed by atoms with E-state index in [1.54, 1.807) is 19.9 Å². The Bertz CT molecular complexity index is 906. The molecule has 0 aliphatic rings. The van der Waals surface area contributed by atoms with Crippen molar-refractivity contribution in [1.82, 2.24) is 10.0 Å². The maximum atomic E-state index is 12.7. The van der Waals surface area contributed by atoms with E-state index in [4.69, 9.17) is 0 Å². The summed E-state index contributed by atoms with van der Waals surface area (Å²) in [6.07, 6.45) is 0.918. The molecule has 2 rings (SSSR count). The van der Waals surface area contributed by atoms with Gasteiger partial charge in [-0.2, -0.15) is 0 Å². The monoisotopic (exact) mass is 402 g/mol. The predicted octanol–water partition coefficient (Wildman–Crippen LogP) is 3.96. The standard InChI is InChI=1S/C22H30N2O3S/c1-16(2)13-14-23-22(25)21-12-8-7-11-20(21)19-10-6-5-9-18(19)15-24-28(26,27)17(3)4/h5-12,16-17,24H,13-15H2,1-4H3,(H,23,25). The van der Waals surface area contributed by atoms with Crippen molar-refractivity contribution in [2.75, 3.05) is 6.54 Å². The third-order valence-electron chi connectivity index (χ3n) is 4.57. The molecule has 5 nitrogen and oxygen atoms in total. The van der Waals surface area contributed by atoms with Crippen LogP contribution in [-0.4, -0.2) is 26.1 Å². The first kappa shape index (κ1) is 22.1. The van der Waals surface area contributed by atoms with Gasteiger partial charge in [0.25, 0.3) is 5.91 Å². The van der Waals surface area contributed by atoms with Crippen molar-refractivity contribution >= 4 is 15.9 Å². The zero-order valence-corrected chi connectivity index (χ0v) is 17.8. The first-order valence-electron chi connectivity index (χ1n) is 9.66. The molecule has 0 saturated heterocycles. The Kier molecular flexibility index (Phi) is 7.78. The van der Waals surface area contributed by atoms with E-state index in [0.717, 1.165) is 23.1 Å². The molecule has 0 atom stereocenters. The zero-order chi connectivity index (χ0) is 20.7. The minimum absolute atomic E-state index is 0.117. The first-order valence-corrected chi connectivity index (χ1v) is 11.2. The van der Waals surface area contributed by atoms with Gasteiger partial charge in [0.05, 0.1) is 5.25 Å². The Hall–Kier alpha value is -2.18. The molecule has 0 aliphatic carbocycles. The fraction of sp³-hybridized carbons (Fsp3) is 0.409. The maximum absolute atomic E-state index is 12.7. The van der Waals surface area contributed by atoms with Gasteiger partial charge in [0.15, 0.2) is 0 Å². The lowest BCUT2D eigenvalue weighted by molar-refractivity contribution is 0.0952. The molecule has 28 heavy (non-hydrogen) atoms. The van der Waals surface area contributed by atoms with Crippen LogP contribution in [0.1, 0.15) is 50.0 Å². The van der Waals surface area contributed by atoms with Crippen molar-refractivity contribution in [2.45, 2.75) is 45.9 Å². The number of sulfonamides is 1. The molecule has 0 aliphatic heterocycles. The van der Waals surface area contributed by atoms with E-state index >= 15 is 0 Å². The van der Waals surface area contributed by atoms with E-state index in [9.17, 15) is 13.2 Å². The van der Waals surface area contributed by atoms with Crippen molar-refractivity contribution in [2.24, 2.45) is 5.92 Å². The number of nitrogens with one attached hydrogen (secondary N) is 2. The molecule has 0 spiro atoms. The highest BCUT2D eigenvalue weighted by molar-refractivity contribution is 7.90. The summed E-state index contributed by atoms with van der Waals surface area (Å²) in [6.45, 7) is 8.33. The smallest absolute Gasteiger partial charge is 0.251 e. The first-order chi connectivity index (χ1) is 13.2. The number of rotatable bonds is 9. The Morgan fingerprint density at radius 1 is 0.929 bits per heavy atom. The Morgan fingerprint density at radius 3 is 2.18 bits per heavy atom. The normalized spacial score (nSPS) is 11.8. The third-order valence-corrected chi connectivity index (χ3v) is 6.36. The van der Waals surface area contributed by atoms with Crippen LogP contribution in [-0.2, 0) is 16.6 Å². The molecule has 1 amide bonds. The molecule has 0 aromatic heterocycles. The van der Waals surface area contributed by atoms with Gasteiger partial charge in [0.1, 0.15) is 0 Å². The summed E-state index contributed by atoms with van der Waals surface area (Å²) in [6, 6.07) is 15.0. The molecule has 0 heterocycles. The summed E-state index contributed by atoms with van der Waals surface area (Å²) in [5, 5.41) is 2.48. The third kappa shape index (κ3) is 5.91. The number of carbonyl (C=O) groups is 1. The number of carbonyl (C=O) groups excluding carboxylic acids is 1. The zero-order valence-electron chi connectivity index (χ0n) is 17.0. The molecule has 2 aromatic carbocycles. The van der Waals surface area contributed by atoms with Crippen molar-refractivity contribution in [3.63, 3.8) is 0 Å². The second-order valence-corrected chi connectivity index (χ2v) is 9.88. The van der Waals surface area contributed by atoms with E-state index in [0.29, 0.717) is 18.0 Å². The molecule has 2 aromatic rings. The lowest BCUT2D eigenvalue weighted by Crippen LogP contribution is -2.30. The second kappa shape index (κ2) is 9.85. The molecule has 6 heteroatoms. The topological polar surface area (TPSA) is 75.3 Å². The van der Waals surface area contributed by atoms with Gasteiger partial charge in [0, 0.05) is 18.7 Å². The summed E-state index contributed by atoms with van der Waals surface area (Å²) in [5.74, 6) is 0.402. The minimum atomic E-state index is -3.37. The van der Waals surface area contributed by atoms with Gasteiger partial charge < -0.3 is 5.32 Å². The molecule has 0 bridgehead atoms. The molecule has 0 saturated carbocycles. The van der Waals surface area contributed by atoms with Gasteiger partial charge in [-0.25, -0.2) is 13.1 Å². The van der Waals surface area contributed by atoms with Gasteiger partial charge in [-0.3, -0.25) is 4.79 Å². The minimum Gasteiger partial charge on any atom is -0.352 e. The van der Waals surface area contributed by atoms with Crippen LogP contribution in [0.5, 0.6) is 0 Å². The summed E-state index contributed by atoms with van der Waals surface area (Å²) >= 11 is 0. The van der Waals surface area contributed by atoms with Crippen LogP contribution >= 0.6 is 0 Å². The summed E-state index contributed by atoms with van der Waals surface area (Å²) < 4.78 is 26.9. The molecule has 0 radical (unpaired) electrons. The average molecular weight is 403 g/mol. The molecule has 2 N–H and O–H groups in total. The number of hydrogen-bond acceptors (Lipinski definition) is 3. The Labute approximate surface area is 168 Å². The number of benzene rings is 2. The predicted molar refractivity (Wildman–Crippen MR) is 115 cm³/mol. The number of hydrogen-bond donors (Lipinski definition) is 2. The maximum Gasteiger partial charge on any atom is 0.251 e. The SMILES string of the molecule is CC(C)CCNC(=O)c1ccccc1-c1ccccc1CNS(=O)(=O)C(C)C. The van der Waals surface area contributed by atoms with Crippen LogP contribution in [0.3, 0.4) is 0 Å². The van der Waals surface area contributed by atoms with E-state index in [1.165, 1.54) is 0 Å². The van der Waals surface area contributed by atoms with Gasteiger partial charge in [-0.15, -0.1) is 0 Å². The highest BCUT2D eigenvalue weighted by Gasteiger charge is 2.18. The van der Waals surface area contributed by atoms with E-state index in [1.807, 2.05) is 42.5 Å². The van der Waals surface area contributed by atoms with E-state index in [-0.39, 0.29) is 12.5 Å². The molecule has 0 unspecified atom stereocenters. The van der Waals surface area contributed by atoms with Crippen molar-refractivity contribution in [1.29, 1.82) is 0 Å². The quantitative estimate of drug-likeness (QED) is 0.667. The lowest BCUT2D eigenvalue weighted by Gasteiger charge is -2.16. The Balaban J connectivity index is 2.30. The van der Waals surface area contributed by atoms with Crippen LogP contribution in [0.4, 0.5) is 0 Å². The van der Waals surface area contributed by atoms with Crippen LogP contribution in [0.2, 0.25) is 0 Å². The lowest BCUT2D eigenvalue weighted by atomic mass is 9.95. The summed E-state index contributed by atoms with van der Waals surface area (Å²) in [7, 11) is -3.37. The molecular formula is C22H30N2O3S. The fourth-order valence-electron chi connectivity index (χ4n) is 2.77. The second-order valence-electron chi connectivity index (χ2n) is 7.56. The van der Waals surface area contributed by atoms with Gasteiger partial charge in [-0.05, 0) is 48.9 Å². The Morgan fingerprint density at radius 2 is 1.54 bits per heavy atom. The van der Waals surface area contributed by atoms with Gasteiger partial charge in [-0.1, -0.05) is 56.3 Å². The fourth-order valence-corrected chi connectivity index (χ4v) is 3.46. The van der Waals surface area contributed by atoms with Gasteiger partial charge >= 0.3 is 0 Å². The van der Waals surface area contributed by atoms with E-state index < -0.39 is 15.3 Å². The van der Waals surface area contributed by atoms with Crippen LogP contribution < -0.4 is 10.0 Å².